The largest absolute Gasteiger partial charge is 0.472 e. The maximum Gasteiger partial charge on any atom is 0.472 e. The Balaban J connectivity index is 4.09. The molecular formula is C41H80NO8P. The Morgan fingerprint density at radius 2 is 0.980 bits per heavy atom. The summed E-state index contributed by atoms with van der Waals surface area (Å²) in [6.45, 7) is 3.70. The van der Waals surface area contributed by atoms with Gasteiger partial charge in [-0.2, -0.15) is 0 Å². The Morgan fingerprint density at radius 3 is 1.45 bits per heavy atom. The average molecular weight is 746 g/mol. The summed E-state index contributed by atoms with van der Waals surface area (Å²) in [5, 5.41) is 0. The van der Waals surface area contributed by atoms with Crippen molar-refractivity contribution in [3.63, 3.8) is 0 Å². The van der Waals surface area contributed by atoms with Gasteiger partial charge in [0.15, 0.2) is 6.10 Å². The highest BCUT2D eigenvalue weighted by molar-refractivity contribution is 7.47. The summed E-state index contributed by atoms with van der Waals surface area (Å²) >= 11 is 0. The molecule has 0 saturated carbocycles. The molecule has 0 amide bonds. The fourth-order valence-electron chi connectivity index (χ4n) is 5.97. The number of allylic oxidation sites excluding steroid dienone is 2. The summed E-state index contributed by atoms with van der Waals surface area (Å²) in [7, 11) is -4.37. The second-order valence-corrected chi connectivity index (χ2v) is 15.7. The quantitative estimate of drug-likeness (QED) is 0.0272. The molecule has 0 bridgehead atoms. The van der Waals surface area contributed by atoms with Crippen LogP contribution in [-0.4, -0.2) is 49.3 Å². The Hall–Kier alpha value is -1.25. The second kappa shape index (κ2) is 38.5. The number of unbranched alkanes of at least 4 members (excludes halogenated alkanes) is 25. The third-order valence-corrected chi connectivity index (χ3v) is 10.1. The Kier molecular flexibility index (Phi) is 37.5. The van der Waals surface area contributed by atoms with Crippen molar-refractivity contribution in [3.8, 4) is 0 Å². The molecule has 0 aliphatic rings. The zero-order chi connectivity index (χ0) is 37.5. The number of hydrogen-bond donors (Lipinski definition) is 2. The van der Waals surface area contributed by atoms with Crippen LogP contribution >= 0.6 is 7.82 Å². The van der Waals surface area contributed by atoms with E-state index in [9.17, 15) is 19.0 Å². The number of nitrogens with two attached hydrogens (primary N) is 1. The van der Waals surface area contributed by atoms with Gasteiger partial charge in [-0.15, -0.1) is 0 Å². The zero-order valence-electron chi connectivity index (χ0n) is 33.1. The lowest BCUT2D eigenvalue weighted by Gasteiger charge is -2.19. The number of rotatable bonds is 40. The van der Waals surface area contributed by atoms with Crippen molar-refractivity contribution in [1.29, 1.82) is 0 Å². The van der Waals surface area contributed by atoms with Gasteiger partial charge >= 0.3 is 19.8 Å². The standard InChI is InChI=1S/C41H80NO8P/c1-3-5-7-9-11-13-15-16-17-18-19-20-21-22-24-26-28-30-32-34-41(44)50-39(38-49-51(45,46)48-36-35-42)37-47-40(43)33-31-29-27-25-23-14-12-10-8-6-4-2/h10,12,39H,3-9,11,13-38,42H2,1-2H3,(H,45,46)/b12-10+/t39-/m1/s1. The molecule has 0 rings (SSSR count). The van der Waals surface area contributed by atoms with E-state index in [1.165, 1.54) is 116 Å². The van der Waals surface area contributed by atoms with Crippen molar-refractivity contribution < 1.29 is 37.6 Å². The average Bonchev–Trinajstić information content (AvgIpc) is 3.11. The normalized spacial score (nSPS) is 13.4. The van der Waals surface area contributed by atoms with Crippen LogP contribution < -0.4 is 5.73 Å². The number of phosphoric acid groups is 1. The predicted molar refractivity (Wildman–Crippen MR) is 211 cm³/mol. The maximum absolute atomic E-state index is 12.6. The Labute approximate surface area is 313 Å². The lowest BCUT2D eigenvalue weighted by Crippen LogP contribution is -2.29. The molecule has 3 N–H and O–H groups in total. The molecule has 0 spiro atoms. The minimum absolute atomic E-state index is 0.0550. The highest BCUT2D eigenvalue weighted by Crippen LogP contribution is 2.43. The van der Waals surface area contributed by atoms with E-state index in [2.05, 4.69) is 26.0 Å². The van der Waals surface area contributed by atoms with Gasteiger partial charge in [0.1, 0.15) is 6.61 Å². The molecule has 0 saturated heterocycles. The van der Waals surface area contributed by atoms with E-state index in [-0.39, 0.29) is 38.6 Å². The van der Waals surface area contributed by atoms with Crippen LogP contribution in [0.15, 0.2) is 12.2 Å². The molecule has 9 nitrogen and oxygen atoms in total. The summed E-state index contributed by atoms with van der Waals surface area (Å²) in [6.07, 6.45) is 38.2. The summed E-state index contributed by atoms with van der Waals surface area (Å²) in [4.78, 5) is 34.8. The number of ether oxygens (including phenoxy) is 2. The molecule has 10 heteroatoms. The number of phosphoric ester groups is 1. The molecule has 0 heterocycles. The number of carbonyl (C=O) groups is 2. The zero-order valence-corrected chi connectivity index (χ0v) is 34.0. The molecule has 302 valence electrons. The van der Waals surface area contributed by atoms with Crippen LogP contribution in [0.2, 0.25) is 0 Å². The molecule has 0 aliphatic heterocycles. The minimum Gasteiger partial charge on any atom is -0.462 e. The first-order valence-corrected chi connectivity index (χ1v) is 22.7. The van der Waals surface area contributed by atoms with E-state index >= 15 is 0 Å². The fourth-order valence-corrected chi connectivity index (χ4v) is 6.73. The fraction of sp³-hybridized carbons (Fsp3) is 0.902. The first-order valence-electron chi connectivity index (χ1n) is 21.2. The maximum atomic E-state index is 12.6. The third kappa shape index (κ3) is 38.3. The van der Waals surface area contributed by atoms with Crippen molar-refractivity contribution in [3.05, 3.63) is 12.2 Å². The van der Waals surface area contributed by atoms with Crippen LogP contribution in [0, 0.1) is 0 Å². The number of esters is 2. The van der Waals surface area contributed by atoms with E-state index in [1.807, 2.05) is 0 Å². The van der Waals surface area contributed by atoms with Crippen molar-refractivity contribution >= 4 is 19.8 Å². The highest BCUT2D eigenvalue weighted by Gasteiger charge is 2.26. The van der Waals surface area contributed by atoms with Gasteiger partial charge in [-0.05, 0) is 32.1 Å². The van der Waals surface area contributed by atoms with Crippen molar-refractivity contribution in [1.82, 2.24) is 0 Å². The van der Waals surface area contributed by atoms with Crippen LogP contribution in [0.4, 0.5) is 0 Å². The van der Waals surface area contributed by atoms with Gasteiger partial charge in [-0.25, -0.2) is 4.57 Å². The van der Waals surface area contributed by atoms with Crippen molar-refractivity contribution in [2.45, 2.75) is 213 Å². The first kappa shape index (κ1) is 49.8. The molecule has 0 aromatic carbocycles. The van der Waals surface area contributed by atoms with Gasteiger partial charge in [0.05, 0.1) is 13.2 Å². The van der Waals surface area contributed by atoms with Gasteiger partial charge < -0.3 is 20.1 Å². The molecule has 0 aromatic heterocycles. The highest BCUT2D eigenvalue weighted by atomic mass is 31.2. The van der Waals surface area contributed by atoms with Crippen LogP contribution in [0.5, 0.6) is 0 Å². The van der Waals surface area contributed by atoms with Crippen LogP contribution in [-0.2, 0) is 32.7 Å². The SMILES string of the molecule is CCCC/C=C/CCCCCCCC(=O)OC[C@H](COP(=O)(O)OCCN)OC(=O)CCCCCCCCCCCCCCCCCCCCC. The van der Waals surface area contributed by atoms with Gasteiger partial charge in [0.25, 0.3) is 0 Å². The summed E-state index contributed by atoms with van der Waals surface area (Å²) in [5.74, 6) is -0.831. The first-order chi connectivity index (χ1) is 24.8. The Morgan fingerprint density at radius 1 is 0.569 bits per heavy atom. The number of hydrogen-bond acceptors (Lipinski definition) is 8. The summed E-state index contributed by atoms with van der Waals surface area (Å²) in [6, 6.07) is 0. The lowest BCUT2D eigenvalue weighted by molar-refractivity contribution is -0.161. The molecule has 51 heavy (non-hydrogen) atoms. The molecule has 0 aliphatic carbocycles. The van der Waals surface area contributed by atoms with Crippen molar-refractivity contribution in [2.24, 2.45) is 5.73 Å². The van der Waals surface area contributed by atoms with E-state index in [1.54, 1.807) is 0 Å². The van der Waals surface area contributed by atoms with Gasteiger partial charge in [0.2, 0.25) is 0 Å². The van der Waals surface area contributed by atoms with Crippen LogP contribution in [0.1, 0.15) is 206 Å². The van der Waals surface area contributed by atoms with Gasteiger partial charge in [-0.3, -0.25) is 18.6 Å². The monoisotopic (exact) mass is 746 g/mol. The second-order valence-electron chi connectivity index (χ2n) is 14.2. The molecule has 0 fully saturated rings. The van der Waals surface area contributed by atoms with Gasteiger partial charge in [-0.1, -0.05) is 174 Å². The third-order valence-electron chi connectivity index (χ3n) is 9.15. The van der Waals surface area contributed by atoms with Crippen molar-refractivity contribution in [2.75, 3.05) is 26.4 Å². The van der Waals surface area contributed by atoms with Crippen LogP contribution in [0.25, 0.3) is 0 Å². The minimum atomic E-state index is -4.37. The smallest absolute Gasteiger partial charge is 0.462 e. The summed E-state index contributed by atoms with van der Waals surface area (Å²) in [5.41, 5.74) is 5.34. The van der Waals surface area contributed by atoms with E-state index in [4.69, 9.17) is 24.3 Å². The van der Waals surface area contributed by atoms with Crippen LogP contribution in [0.3, 0.4) is 0 Å². The van der Waals surface area contributed by atoms with E-state index in [0.717, 1.165) is 57.8 Å². The van der Waals surface area contributed by atoms with Gasteiger partial charge in [0, 0.05) is 19.4 Å². The molecule has 0 aromatic rings. The summed E-state index contributed by atoms with van der Waals surface area (Å²) < 4.78 is 32.7. The molecule has 2 atom stereocenters. The lowest BCUT2D eigenvalue weighted by atomic mass is 10.0. The Bertz CT molecular complexity index is 856. The number of carbonyl (C=O) groups excluding carboxylic acids is 2. The topological polar surface area (TPSA) is 134 Å². The molecule has 0 radical (unpaired) electrons. The molecule has 1 unspecified atom stereocenters. The predicted octanol–water partition coefficient (Wildman–Crippen LogP) is 11.8. The van der Waals surface area contributed by atoms with E-state index in [0.29, 0.717) is 6.42 Å². The molecular weight excluding hydrogens is 665 g/mol. The van der Waals surface area contributed by atoms with E-state index < -0.39 is 26.5 Å².